The van der Waals surface area contributed by atoms with Crippen LogP contribution >= 0.6 is 0 Å². The number of rotatable bonds is 4. The number of aromatic nitrogens is 1. The van der Waals surface area contributed by atoms with Gasteiger partial charge in [0, 0.05) is 19.8 Å². The SMILES string of the molecule is C[C@H](O)c1ccc(N(C)CC(C)(C)O)nc1. The van der Waals surface area contributed by atoms with Crippen LogP contribution in [0.2, 0.25) is 0 Å². The standard InChI is InChI=1S/C12H20N2O2/c1-9(15)10-5-6-11(13-7-10)14(4)8-12(2,3)16/h5-7,9,15-16H,8H2,1-4H3/t9-/m0/s1. The van der Waals surface area contributed by atoms with Gasteiger partial charge in [-0.1, -0.05) is 6.07 Å². The van der Waals surface area contributed by atoms with Crippen LogP contribution in [0.25, 0.3) is 0 Å². The average Bonchev–Trinajstić information content (AvgIpc) is 2.15. The summed E-state index contributed by atoms with van der Waals surface area (Å²) in [6.07, 6.45) is 1.15. The normalized spacial score (nSPS) is 13.6. The van der Waals surface area contributed by atoms with E-state index in [1.807, 2.05) is 24.1 Å². The lowest BCUT2D eigenvalue weighted by atomic mass is 10.1. The lowest BCUT2D eigenvalue weighted by Gasteiger charge is -2.26. The molecule has 0 amide bonds. The summed E-state index contributed by atoms with van der Waals surface area (Å²) in [5.41, 5.74) is 0.0414. The first-order valence-corrected chi connectivity index (χ1v) is 5.37. The Morgan fingerprint density at radius 3 is 2.44 bits per heavy atom. The number of hydrogen-bond acceptors (Lipinski definition) is 4. The fourth-order valence-corrected chi connectivity index (χ4v) is 1.53. The Bertz CT molecular complexity index is 328. The van der Waals surface area contributed by atoms with Crippen LogP contribution in [0.4, 0.5) is 5.82 Å². The molecule has 1 rings (SSSR count). The number of aliphatic hydroxyl groups excluding tert-OH is 1. The first-order valence-electron chi connectivity index (χ1n) is 5.37. The van der Waals surface area contributed by atoms with E-state index in [0.29, 0.717) is 6.54 Å². The van der Waals surface area contributed by atoms with Gasteiger partial charge in [-0.3, -0.25) is 0 Å². The van der Waals surface area contributed by atoms with E-state index in [1.54, 1.807) is 27.0 Å². The molecule has 0 bridgehead atoms. The lowest BCUT2D eigenvalue weighted by molar-refractivity contribution is 0.0884. The maximum Gasteiger partial charge on any atom is 0.128 e. The molecule has 1 heterocycles. The Kier molecular flexibility index (Phi) is 3.88. The van der Waals surface area contributed by atoms with Crippen molar-refractivity contribution in [2.24, 2.45) is 0 Å². The first-order chi connectivity index (χ1) is 7.29. The summed E-state index contributed by atoms with van der Waals surface area (Å²) in [5.74, 6) is 0.784. The molecule has 0 aliphatic heterocycles. The van der Waals surface area contributed by atoms with Crippen molar-refractivity contribution < 1.29 is 10.2 Å². The second kappa shape index (κ2) is 4.80. The molecule has 0 unspecified atom stereocenters. The highest BCUT2D eigenvalue weighted by Gasteiger charge is 2.16. The minimum Gasteiger partial charge on any atom is -0.389 e. The predicted octanol–water partition coefficient (Wildman–Crippen LogP) is 1.34. The molecule has 0 spiro atoms. The average molecular weight is 224 g/mol. The highest BCUT2D eigenvalue weighted by atomic mass is 16.3. The Balaban J connectivity index is 2.74. The number of pyridine rings is 1. The third-order valence-corrected chi connectivity index (χ3v) is 2.27. The summed E-state index contributed by atoms with van der Waals surface area (Å²) in [6.45, 7) is 5.73. The van der Waals surface area contributed by atoms with Gasteiger partial charge in [0.15, 0.2) is 0 Å². The molecule has 2 N–H and O–H groups in total. The minimum atomic E-state index is -0.751. The molecule has 0 radical (unpaired) electrons. The molecule has 0 aliphatic carbocycles. The van der Waals surface area contributed by atoms with Crippen LogP contribution in [0, 0.1) is 0 Å². The smallest absolute Gasteiger partial charge is 0.128 e. The number of anilines is 1. The van der Waals surface area contributed by atoms with E-state index >= 15 is 0 Å². The van der Waals surface area contributed by atoms with Crippen LogP contribution in [0.1, 0.15) is 32.4 Å². The van der Waals surface area contributed by atoms with Crippen molar-refractivity contribution in [2.45, 2.75) is 32.5 Å². The Morgan fingerprint density at radius 2 is 2.06 bits per heavy atom. The van der Waals surface area contributed by atoms with Crippen molar-refractivity contribution >= 4 is 5.82 Å². The van der Waals surface area contributed by atoms with Crippen LogP contribution in [0.3, 0.4) is 0 Å². The van der Waals surface area contributed by atoms with Crippen molar-refractivity contribution in [3.05, 3.63) is 23.9 Å². The van der Waals surface area contributed by atoms with Crippen LogP contribution in [0.5, 0.6) is 0 Å². The van der Waals surface area contributed by atoms with E-state index in [1.165, 1.54) is 0 Å². The number of aliphatic hydroxyl groups is 2. The summed E-state index contributed by atoms with van der Waals surface area (Å²) in [7, 11) is 1.88. The molecule has 0 aromatic carbocycles. The molecule has 1 atom stereocenters. The second-order valence-corrected chi connectivity index (χ2v) is 4.79. The molecule has 4 heteroatoms. The molecule has 0 aliphatic rings. The van der Waals surface area contributed by atoms with Crippen LogP contribution in [-0.2, 0) is 0 Å². The number of hydrogen-bond donors (Lipinski definition) is 2. The maximum absolute atomic E-state index is 9.68. The Hall–Kier alpha value is -1.13. The highest BCUT2D eigenvalue weighted by molar-refractivity contribution is 5.39. The maximum atomic E-state index is 9.68. The predicted molar refractivity (Wildman–Crippen MR) is 64.4 cm³/mol. The number of nitrogens with zero attached hydrogens (tertiary/aromatic N) is 2. The third-order valence-electron chi connectivity index (χ3n) is 2.27. The van der Waals surface area contributed by atoms with E-state index < -0.39 is 11.7 Å². The molecule has 0 fully saturated rings. The van der Waals surface area contributed by atoms with E-state index in [0.717, 1.165) is 11.4 Å². The summed E-state index contributed by atoms with van der Waals surface area (Å²) in [5, 5.41) is 19.0. The van der Waals surface area contributed by atoms with Gasteiger partial charge in [0.05, 0.1) is 11.7 Å². The van der Waals surface area contributed by atoms with Gasteiger partial charge >= 0.3 is 0 Å². The second-order valence-electron chi connectivity index (χ2n) is 4.79. The zero-order valence-corrected chi connectivity index (χ0v) is 10.3. The van der Waals surface area contributed by atoms with Gasteiger partial charge in [-0.2, -0.15) is 0 Å². The van der Waals surface area contributed by atoms with Gasteiger partial charge in [-0.15, -0.1) is 0 Å². The van der Waals surface area contributed by atoms with Crippen molar-refractivity contribution in [3.8, 4) is 0 Å². The van der Waals surface area contributed by atoms with Gasteiger partial charge in [0.2, 0.25) is 0 Å². The van der Waals surface area contributed by atoms with Crippen molar-refractivity contribution in [1.82, 2.24) is 4.98 Å². The molecule has 0 saturated heterocycles. The monoisotopic (exact) mass is 224 g/mol. The zero-order chi connectivity index (χ0) is 12.3. The van der Waals surface area contributed by atoms with Gasteiger partial charge < -0.3 is 15.1 Å². The quantitative estimate of drug-likeness (QED) is 0.810. The Morgan fingerprint density at radius 1 is 1.44 bits per heavy atom. The fraction of sp³-hybridized carbons (Fsp3) is 0.583. The third kappa shape index (κ3) is 3.79. The molecule has 90 valence electrons. The molecular weight excluding hydrogens is 204 g/mol. The zero-order valence-electron chi connectivity index (χ0n) is 10.3. The van der Waals surface area contributed by atoms with Crippen LogP contribution in [-0.4, -0.2) is 34.4 Å². The van der Waals surface area contributed by atoms with Gasteiger partial charge in [0.25, 0.3) is 0 Å². The molecule has 16 heavy (non-hydrogen) atoms. The van der Waals surface area contributed by atoms with Crippen LogP contribution < -0.4 is 4.90 Å². The van der Waals surface area contributed by atoms with E-state index in [2.05, 4.69) is 4.98 Å². The minimum absolute atomic E-state index is 0.499. The van der Waals surface area contributed by atoms with E-state index in [-0.39, 0.29) is 0 Å². The largest absolute Gasteiger partial charge is 0.389 e. The summed E-state index contributed by atoms with van der Waals surface area (Å²) in [6, 6.07) is 3.68. The fourth-order valence-electron chi connectivity index (χ4n) is 1.53. The van der Waals surface area contributed by atoms with E-state index in [9.17, 15) is 10.2 Å². The highest BCUT2D eigenvalue weighted by Crippen LogP contribution is 2.16. The molecule has 4 nitrogen and oxygen atoms in total. The van der Waals surface area contributed by atoms with Gasteiger partial charge in [-0.05, 0) is 32.4 Å². The molecular formula is C12H20N2O2. The molecule has 1 aromatic heterocycles. The summed E-state index contributed by atoms with van der Waals surface area (Å²) in [4.78, 5) is 6.12. The topological polar surface area (TPSA) is 56.6 Å². The molecule has 1 aromatic rings. The molecule has 0 saturated carbocycles. The van der Waals surface area contributed by atoms with Crippen molar-refractivity contribution in [1.29, 1.82) is 0 Å². The summed E-state index contributed by atoms with van der Waals surface area (Å²) < 4.78 is 0. The first kappa shape index (κ1) is 12.9. The van der Waals surface area contributed by atoms with Gasteiger partial charge in [-0.25, -0.2) is 4.98 Å². The van der Waals surface area contributed by atoms with Crippen molar-refractivity contribution in [2.75, 3.05) is 18.5 Å². The summed E-state index contributed by atoms with van der Waals surface area (Å²) >= 11 is 0. The Labute approximate surface area is 96.6 Å². The lowest BCUT2D eigenvalue weighted by Crippen LogP contribution is -2.36. The van der Waals surface area contributed by atoms with Crippen molar-refractivity contribution in [3.63, 3.8) is 0 Å². The van der Waals surface area contributed by atoms with Gasteiger partial charge in [0.1, 0.15) is 5.82 Å². The van der Waals surface area contributed by atoms with Crippen LogP contribution in [0.15, 0.2) is 18.3 Å². The van der Waals surface area contributed by atoms with E-state index in [4.69, 9.17) is 0 Å². The number of likely N-dealkylation sites (N-methyl/N-ethyl adjacent to an activating group) is 1.